The molecule has 1 aromatic carbocycles. The fourth-order valence-electron chi connectivity index (χ4n) is 3.41. The van der Waals surface area contributed by atoms with Gasteiger partial charge in [0.15, 0.2) is 0 Å². The Morgan fingerprint density at radius 3 is 2.30 bits per heavy atom. The number of nitrogens with one attached hydrogen (secondary N) is 1. The molecule has 3 aromatic rings. The normalized spacial score (nSPS) is 11.9. The van der Waals surface area contributed by atoms with Gasteiger partial charge in [-0.3, -0.25) is 9.59 Å². The van der Waals surface area contributed by atoms with Gasteiger partial charge in [-0.25, -0.2) is 14.6 Å². The van der Waals surface area contributed by atoms with E-state index in [-0.39, 0.29) is 12.3 Å². The van der Waals surface area contributed by atoms with Crippen LogP contribution in [0, 0.1) is 27.7 Å². The second kappa shape index (κ2) is 8.86. The van der Waals surface area contributed by atoms with E-state index in [0.29, 0.717) is 18.1 Å². The third kappa shape index (κ3) is 4.89. The number of carbonyl (C=O) groups is 2. The molecule has 30 heavy (non-hydrogen) atoms. The summed E-state index contributed by atoms with van der Waals surface area (Å²) in [5.41, 5.74) is 10.4. The van der Waals surface area contributed by atoms with E-state index in [1.165, 1.54) is 0 Å². The van der Waals surface area contributed by atoms with Gasteiger partial charge in [-0.1, -0.05) is 30.3 Å². The first kappa shape index (κ1) is 21.2. The molecule has 2 heterocycles. The van der Waals surface area contributed by atoms with E-state index >= 15 is 0 Å². The number of hydrogen-bond donors (Lipinski definition) is 2. The summed E-state index contributed by atoms with van der Waals surface area (Å²) < 4.78 is 1.65. The lowest BCUT2D eigenvalue weighted by Crippen LogP contribution is -2.46. The molecule has 1 unspecified atom stereocenters. The van der Waals surface area contributed by atoms with Gasteiger partial charge in [-0.15, -0.1) is 0 Å². The number of carbonyl (C=O) groups excluding carboxylic acids is 2. The van der Waals surface area contributed by atoms with Gasteiger partial charge in [0, 0.05) is 29.1 Å². The van der Waals surface area contributed by atoms with Crippen LogP contribution in [0.5, 0.6) is 0 Å². The zero-order valence-corrected chi connectivity index (χ0v) is 17.6. The number of amides is 2. The summed E-state index contributed by atoms with van der Waals surface area (Å²) in [6.45, 7) is 7.51. The number of rotatable bonds is 7. The number of benzene rings is 1. The van der Waals surface area contributed by atoms with Crippen molar-refractivity contribution in [3.8, 4) is 5.95 Å². The summed E-state index contributed by atoms with van der Waals surface area (Å²) in [7, 11) is 0. The van der Waals surface area contributed by atoms with Crippen molar-refractivity contribution in [3.05, 3.63) is 70.3 Å². The van der Waals surface area contributed by atoms with Gasteiger partial charge < -0.3 is 11.1 Å². The van der Waals surface area contributed by atoms with Crippen molar-refractivity contribution >= 4 is 11.8 Å². The molecule has 2 amide bonds. The van der Waals surface area contributed by atoms with Gasteiger partial charge in [0.1, 0.15) is 6.04 Å². The molecule has 0 radical (unpaired) electrons. The smallest absolute Gasteiger partial charge is 0.251 e. The van der Waals surface area contributed by atoms with Gasteiger partial charge in [0.05, 0.1) is 12.1 Å². The molecule has 0 saturated carbocycles. The number of hydrogen-bond acceptors (Lipinski definition) is 5. The van der Waals surface area contributed by atoms with Gasteiger partial charge in [-0.05, 0) is 39.3 Å². The third-order valence-electron chi connectivity index (χ3n) is 4.90. The molecule has 0 spiro atoms. The number of nitrogens with two attached hydrogens (primary N) is 1. The van der Waals surface area contributed by atoms with Crippen LogP contribution in [0.25, 0.3) is 5.95 Å². The van der Waals surface area contributed by atoms with Crippen LogP contribution < -0.4 is 11.1 Å². The molecule has 3 rings (SSSR count). The Bertz CT molecular complexity index is 1050. The summed E-state index contributed by atoms with van der Waals surface area (Å²) in [6.07, 6.45) is 0.427. The van der Waals surface area contributed by atoms with Crippen LogP contribution in [0.4, 0.5) is 0 Å². The lowest BCUT2D eigenvalue weighted by molar-refractivity contribution is -0.127. The molecule has 0 saturated heterocycles. The average Bonchev–Trinajstić information content (AvgIpc) is 2.95. The van der Waals surface area contributed by atoms with E-state index in [1.807, 2.05) is 64.1 Å². The zero-order chi connectivity index (χ0) is 21.8. The third-order valence-corrected chi connectivity index (χ3v) is 4.90. The van der Waals surface area contributed by atoms with Crippen molar-refractivity contribution in [1.82, 2.24) is 25.1 Å². The highest BCUT2D eigenvalue weighted by molar-refractivity contribution is 5.87. The van der Waals surface area contributed by atoms with Crippen molar-refractivity contribution in [2.75, 3.05) is 0 Å². The van der Waals surface area contributed by atoms with Gasteiger partial charge in [0.2, 0.25) is 11.8 Å². The van der Waals surface area contributed by atoms with Gasteiger partial charge in [-0.2, -0.15) is 5.10 Å². The van der Waals surface area contributed by atoms with Crippen LogP contribution in [0.3, 0.4) is 0 Å². The standard InChI is InChI=1S/C22H26N6O2/c1-13-10-14(2)25-22(24-13)28-16(4)18(15(3)27-28)12-20(29)26-19(21(23)30)11-17-8-6-5-7-9-17/h5-10,19H,11-12H2,1-4H3,(H2,23,30)(H,26,29). The van der Waals surface area contributed by atoms with Crippen molar-refractivity contribution in [3.63, 3.8) is 0 Å². The predicted octanol–water partition coefficient (Wildman–Crippen LogP) is 1.65. The van der Waals surface area contributed by atoms with E-state index < -0.39 is 11.9 Å². The van der Waals surface area contributed by atoms with Crippen LogP contribution >= 0.6 is 0 Å². The molecule has 156 valence electrons. The molecule has 0 bridgehead atoms. The SMILES string of the molecule is Cc1cc(C)nc(-n2nc(C)c(CC(=O)NC(Cc3ccccc3)C(N)=O)c2C)n1. The summed E-state index contributed by atoms with van der Waals surface area (Å²) >= 11 is 0. The molecule has 2 aromatic heterocycles. The van der Waals surface area contributed by atoms with E-state index in [1.54, 1.807) is 4.68 Å². The second-order valence-electron chi connectivity index (χ2n) is 7.40. The summed E-state index contributed by atoms with van der Waals surface area (Å²) in [4.78, 5) is 33.4. The first-order valence-electron chi connectivity index (χ1n) is 9.75. The van der Waals surface area contributed by atoms with Gasteiger partial charge in [0.25, 0.3) is 5.95 Å². The summed E-state index contributed by atoms with van der Waals surface area (Å²) in [5.74, 6) is -0.388. The largest absolute Gasteiger partial charge is 0.368 e. The molecule has 0 aliphatic rings. The van der Waals surface area contributed by atoms with Crippen molar-refractivity contribution < 1.29 is 9.59 Å². The fourth-order valence-corrected chi connectivity index (χ4v) is 3.41. The van der Waals surface area contributed by atoms with Crippen molar-refractivity contribution in [2.45, 2.75) is 46.6 Å². The minimum atomic E-state index is -0.779. The van der Waals surface area contributed by atoms with Crippen molar-refractivity contribution in [2.24, 2.45) is 5.73 Å². The van der Waals surface area contributed by atoms with E-state index in [9.17, 15) is 9.59 Å². The number of nitrogens with zero attached hydrogens (tertiary/aromatic N) is 4. The molecular formula is C22H26N6O2. The van der Waals surface area contributed by atoms with E-state index in [2.05, 4.69) is 20.4 Å². The molecule has 8 nitrogen and oxygen atoms in total. The van der Waals surface area contributed by atoms with Crippen LogP contribution in [0.1, 0.15) is 33.9 Å². The minimum absolute atomic E-state index is 0.0844. The number of aromatic nitrogens is 4. The highest BCUT2D eigenvalue weighted by Crippen LogP contribution is 2.17. The van der Waals surface area contributed by atoms with Crippen LogP contribution in [-0.4, -0.2) is 37.6 Å². The maximum Gasteiger partial charge on any atom is 0.251 e. The van der Waals surface area contributed by atoms with Crippen LogP contribution in [-0.2, 0) is 22.4 Å². The minimum Gasteiger partial charge on any atom is -0.368 e. The predicted molar refractivity (Wildman–Crippen MR) is 113 cm³/mol. The molecule has 0 aliphatic heterocycles. The number of aryl methyl sites for hydroxylation is 3. The first-order chi connectivity index (χ1) is 14.2. The van der Waals surface area contributed by atoms with E-state index in [4.69, 9.17) is 5.73 Å². The maximum absolute atomic E-state index is 12.7. The molecule has 1 atom stereocenters. The maximum atomic E-state index is 12.7. The van der Waals surface area contributed by atoms with Crippen LogP contribution in [0.2, 0.25) is 0 Å². The Labute approximate surface area is 175 Å². The molecule has 8 heteroatoms. The zero-order valence-electron chi connectivity index (χ0n) is 17.6. The Morgan fingerprint density at radius 2 is 1.70 bits per heavy atom. The Hall–Kier alpha value is -3.55. The number of primary amides is 1. The first-order valence-corrected chi connectivity index (χ1v) is 9.75. The fraction of sp³-hybridized carbons (Fsp3) is 0.318. The summed E-state index contributed by atoms with van der Waals surface area (Å²) in [5, 5.41) is 7.27. The molecule has 0 fully saturated rings. The lowest BCUT2D eigenvalue weighted by atomic mass is 10.0. The molecule has 3 N–H and O–H groups in total. The van der Waals surface area contributed by atoms with Crippen LogP contribution in [0.15, 0.2) is 36.4 Å². The highest BCUT2D eigenvalue weighted by atomic mass is 16.2. The molecular weight excluding hydrogens is 380 g/mol. The molecule has 0 aliphatic carbocycles. The Morgan fingerprint density at radius 1 is 1.07 bits per heavy atom. The lowest BCUT2D eigenvalue weighted by Gasteiger charge is -2.16. The topological polar surface area (TPSA) is 116 Å². The van der Waals surface area contributed by atoms with Crippen molar-refractivity contribution in [1.29, 1.82) is 0 Å². The van der Waals surface area contributed by atoms with Gasteiger partial charge >= 0.3 is 0 Å². The average molecular weight is 406 g/mol. The highest BCUT2D eigenvalue weighted by Gasteiger charge is 2.22. The second-order valence-corrected chi connectivity index (χ2v) is 7.40. The van der Waals surface area contributed by atoms with E-state index in [0.717, 1.165) is 28.2 Å². The Kier molecular flexibility index (Phi) is 6.25. The monoisotopic (exact) mass is 406 g/mol. The quantitative estimate of drug-likeness (QED) is 0.619. The summed E-state index contributed by atoms with van der Waals surface area (Å²) in [6, 6.07) is 10.5. The Balaban J connectivity index is 1.77.